The van der Waals surface area contributed by atoms with E-state index in [1.165, 1.54) is 24.8 Å². The van der Waals surface area contributed by atoms with Gasteiger partial charge in [-0.2, -0.15) is 0 Å². The lowest BCUT2D eigenvalue weighted by Gasteiger charge is -1.91. The van der Waals surface area contributed by atoms with Gasteiger partial charge in [-0.3, -0.25) is 0 Å². The van der Waals surface area contributed by atoms with Crippen molar-refractivity contribution in [1.29, 1.82) is 0 Å². The fourth-order valence-corrected chi connectivity index (χ4v) is 0.479. The molecule has 0 atom stereocenters. The molecule has 0 aromatic rings. The molecule has 0 N–H and O–H groups in total. The van der Waals surface area contributed by atoms with Gasteiger partial charge >= 0.3 is 0 Å². The van der Waals surface area contributed by atoms with Crippen LogP contribution in [-0.4, -0.2) is 0 Å². The van der Waals surface area contributed by atoms with E-state index in [0.29, 0.717) is 0 Å². The van der Waals surface area contributed by atoms with Gasteiger partial charge in [0.2, 0.25) is 0 Å². The molecule has 0 aromatic carbocycles. The van der Waals surface area contributed by atoms with Crippen molar-refractivity contribution in [2.24, 2.45) is 0 Å². The number of terminal acetylenes is 1. The molecule has 0 aliphatic rings. The topological polar surface area (TPSA) is 0 Å². The first kappa shape index (κ1) is 11.1. The van der Waals surface area contributed by atoms with Crippen molar-refractivity contribution in [2.75, 3.05) is 0 Å². The Balaban J connectivity index is 0. The van der Waals surface area contributed by atoms with E-state index in [9.17, 15) is 0 Å². The van der Waals surface area contributed by atoms with Gasteiger partial charge in [-0.1, -0.05) is 18.9 Å². The maximum absolute atomic E-state index is 4.00. The predicted molar refractivity (Wildman–Crippen MR) is 44.2 cm³/mol. The lowest BCUT2D eigenvalue weighted by Crippen LogP contribution is -1.71. The fourth-order valence-electron chi connectivity index (χ4n) is 0.479. The molecule has 0 heterocycles. The number of rotatable bonds is 3. The largest absolute Gasteiger partial charge is 0.124 e. The molecule has 0 aromatic heterocycles. The van der Waals surface area contributed by atoms with Crippen LogP contribution in [0.5, 0.6) is 0 Å². The van der Waals surface area contributed by atoms with Crippen LogP contribution in [0.4, 0.5) is 0 Å². The smallest absolute Gasteiger partial charge is 0.0326 e. The van der Waals surface area contributed by atoms with Gasteiger partial charge in [-0.15, -0.1) is 19.4 Å². The van der Waals surface area contributed by atoms with E-state index >= 15 is 0 Å². The molecule has 0 unspecified atom stereocenters. The fraction of sp³-hybridized carbons (Fsp3) is 0.556. The number of unbranched alkanes of at least 4 members (excludes halogenated alkanes) is 1. The lowest BCUT2D eigenvalue weighted by atomic mass is 10.2. The highest BCUT2D eigenvalue weighted by Crippen LogP contribution is 2.01. The minimum Gasteiger partial charge on any atom is -0.124 e. The minimum atomic E-state index is 1.20. The molecule has 0 rings (SSSR count). The number of hydrogen-bond acceptors (Lipinski definition) is 0. The Hall–Kier alpha value is -0.700. The van der Waals surface area contributed by atoms with Crippen LogP contribution in [0, 0.1) is 12.8 Å². The number of allylic oxidation sites excluding steroid dienone is 1. The van der Waals surface area contributed by atoms with Crippen molar-refractivity contribution in [3.63, 3.8) is 0 Å². The zero-order valence-electron chi connectivity index (χ0n) is 6.48. The monoisotopic (exact) mass is 124 g/mol. The highest BCUT2D eigenvalue weighted by molar-refractivity contribution is 4.86. The van der Waals surface area contributed by atoms with Gasteiger partial charge in [-0.25, -0.2) is 0 Å². The van der Waals surface area contributed by atoms with Gasteiger partial charge in [0.25, 0.3) is 0 Å². The van der Waals surface area contributed by atoms with Crippen molar-refractivity contribution < 1.29 is 0 Å². The SMILES string of the molecule is C#C.C=C(C)CCCC. The van der Waals surface area contributed by atoms with Gasteiger partial charge in [0.05, 0.1) is 0 Å². The molecular formula is C9H16. The van der Waals surface area contributed by atoms with Crippen LogP contribution >= 0.6 is 0 Å². The Kier molecular flexibility index (Phi) is 12.8. The summed E-state index contributed by atoms with van der Waals surface area (Å²) in [5.41, 5.74) is 1.31. The van der Waals surface area contributed by atoms with E-state index < -0.39 is 0 Å². The van der Waals surface area contributed by atoms with Gasteiger partial charge in [0, 0.05) is 0 Å². The third kappa shape index (κ3) is 18.8. The molecule has 0 fully saturated rings. The Morgan fingerprint density at radius 3 is 2.00 bits per heavy atom. The standard InChI is InChI=1S/C7H14.C2H2/c1-4-5-6-7(2)3;1-2/h2,4-6H2,1,3H3;1-2H. The van der Waals surface area contributed by atoms with E-state index in [4.69, 9.17) is 0 Å². The van der Waals surface area contributed by atoms with Crippen LogP contribution in [0.25, 0.3) is 0 Å². The van der Waals surface area contributed by atoms with E-state index in [1.54, 1.807) is 0 Å². The molecule has 52 valence electrons. The molecular weight excluding hydrogens is 108 g/mol. The third-order valence-corrected chi connectivity index (χ3v) is 0.957. The van der Waals surface area contributed by atoms with Crippen LogP contribution in [0.3, 0.4) is 0 Å². The van der Waals surface area contributed by atoms with E-state index in [0.717, 1.165) is 0 Å². The first-order valence-corrected chi connectivity index (χ1v) is 3.25. The summed E-state index contributed by atoms with van der Waals surface area (Å²) in [6.07, 6.45) is 11.8. The molecule has 0 aliphatic heterocycles. The van der Waals surface area contributed by atoms with Gasteiger partial charge in [-0.05, 0) is 19.8 Å². The summed E-state index contributed by atoms with van der Waals surface area (Å²) in [5.74, 6) is 0. The molecule has 0 saturated carbocycles. The summed E-state index contributed by atoms with van der Waals surface area (Å²) in [5, 5.41) is 0. The Labute approximate surface area is 59.0 Å². The summed E-state index contributed by atoms with van der Waals surface area (Å²) >= 11 is 0. The minimum absolute atomic E-state index is 1.20. The van der Waals surface area contributed by atoms with E-state index in [-0.39, 0.29) is 0 Å². The van der Waals surface area contributed by atoms with Gasteiger partial charge < -0.3 is 0 Å². The molecule has 0 nitrogen and oxygen atoms in total. The van der Waals surface area contributed by atoms with Crippen molar-refractivity contribution in [1.82, 2.24) is 0 Å². The number of hydrogen-bond donors (Lipinski definition) is 0. The van der Waals surface area contributed by atoms with Crippen LogP contribution in [0.15, 0.2) is 12.2 Å². The highest BCUT2D eigenvalue weighted by Gasteiger charge is 1.81. The second-order valence-corrected chi connectivity index (χ2v) is 2.06. The first-order chi connectivity index (χ1) is 4.27. The molecule has 0 radical (unpaired) electrons. The second-order valence-electron chi connectivity index (χ2n) is 2.06. The van der Waals surface area contributed by atoms with Gasteiger partial charge in [0.1, 0.15) is 0 Å². The molecule has 9 heavy (non-hydrogen) atoms. The zero-order chi connectivity index (χ0) is 7.70. The van der Waals surface area contributed by atoms with Crippen molar-refractivity contribution in [2.45, 2.75) is 33.1 Å². The third-order valence-electron chi connectivity index (χ3n) is 0.957. The molecule has 0 saturated heterocycles. The molecule has 0 spiro atoms. The van der Waals surface area contributed by atoms with Crippen LogP contribution in [0.2, 0.25) is 0 Å². The molecule has 0 amide bonds. The van der Waals surface area contributed by atoms with Crippen LogP contribution in [-0.2, 0) is 0 Å². The average Bonchev–Trinajstić information content (AvgIpc) is 1.88. The first-order valence-electron chi connectivity index (χ1n) is 3.25. The normalized spacial score (nSPS) is 7.11. The lowest BCUT2D eigenvalue weighted by molar-refractivity contribution is 0.789. The van der Waals surface area contributed by atoms with Gasteiger partial charge in [0.15, 0.2) is 0 Å². The maximum Gasteiger partial charge on any atom is -0.0326 e. The van der Waals surface area contributed by atoms with E-state index in [2.05, 4.69) is 33.3 Å². The average molecular weight is 124 g/mol. The predicted octanol–water partition coefficient (Wildman–Crippen LogP) is 3.00. The summed E-state index contributed by atoms with van der Waals surface area (Å²) in [6, 6.07) is 0. The van der Waals surface area contributed by atoms with Crippen LogP contribution < -0.4 is 0 Å². The molecule has 0 aliphatic carbocycles. The Morgan fingerprint density at radius 1 is 1.44 bits per heavy atom. The Bertz CT molecular complexity index is 77.3. The molecule has 0 heteroatoms. The highest BCUT2D eigenvalue weighted by atomic mass is 13.9. The van der Waals surface area contributed by atoms with Crippen molar-refractivity contribution in [3.8, 4) is 12.8 Å². The summed E-state index contributed by atoms with van der Waals surface area (Å²) < 4.78 is 0. The van der Waals surface area contributed by atoms with Crippen molar-refractivity contribution >= 4 is 0 Å². The second kappa shape index (κ2) is 10.3. The summed E-state index contributed by atoms with van der Waals surface area (Å²) in [4.78, 5) is 0. The van der Waals surface area contributed by atoms with Crippen molar-refractivity contribution in [3.05, 3.63) is 12.2 Å². The Morgan fingerprint density at radius 2 is 1.89 bits per heavy atom. The van der Waals surface area contributed by atoms with Crippen LogP contribution in [0.1, 0.15) is 33.1 Å². The quantitative estimate of drug-likeness (QED) is 0.401. The summed E-state index contributed by atoms with van der Waals surface area (Å²) in [7, 11) is 0. The molecule has 0 bridgehead atoms. The maximum atomic E-state index is 4.00. The zero-order valence-corrected chi connectivity index (χ0v) is 6.48. The van der Waals surface area contributed by atoms with E-state index in [1.807, 2.05) is 0 Å². The summed E-state index contributed by atoms with van der Waals surface area (Å²) in [6.45, 7) is 8.07.